The van der Waals surface area contributed by atoms with E-state index in [0.29, 0.717) is 0 Å². The summed E-state index contributed by atoms with van der Waals surface area (Å²) in [6, 6.07) is 60.3. The van der Waals surface area contributed by atoms with E-state index in [9.17, 15) is 0 Å². The molecule has 0 spiro atoms. The SMILES string of the molecule is CC(C)(C)c1ccc(N(c2ccc(C(C)(C)C)cc2)c2ccc3c(c2)B2c4cc5c(cc4N(c4ccc6c(c4)C(C)(C)CCC6(C)C)c4cc(-c6ccc7sc8ccccc8c7c6)cc-3c42)C(C)(C)CCC5(C)C)cc1. The molecule has 0 saturated carbocycles. The highest BCUT2D eigenvalue weighted by atomic mass is 32.1. The fraction of sp³-hybridized carbons (Fsp3) is 0.333. The molecule has 0 unspecified atom stereocenters. The Morgan fingerprint density at radius 2 is 0.987 bits per heavy atom. The van der Waals surface area contributed by atoms with Crippen LogP contribution < -0.4 is 26.2 Å². The van der Waals surface area contributed by atoms with Crippen molar-refractivity contribution >= 4 is 88.7 Å². The predicted molar refractivity (Wildman–Crippen MR) is 332 cm³/mol. The zero-order chi connectivity index (χ0) is 53.2. The normalized spacial score (nSPS) is 17.5. The van der Waals surface area contributed by atoms with E-state index in [1.54, 1.807) is 0 Å². The predicted octanol–water partition coefficient (Wildman–Crippen LogP) is 18.8. The van der Waals surface area contributed by atoms with E-state index in [2.05, 4.69) is 258 Å². The van der Waals surface area contributed by atoms with Crippen LogP contribution >= 0.6 is 11.3 Å². The highest BCUT2D eigenvalue weighted by Crippen LogP contribution is 2.53. The van der Waals surface area contributed by atoms with Crippen LogP contribution in [0, 0.1) is 0 Å². The molecule has 0 bridgehead atoms. The summed E-state index contributed by atoms with van der Waals surface area (Å²) in [4.78, 5) is 5.22. The maximum absolute atomic E-state index is 2.72. The van der Waals surface area contributed by atoms with E-state index >= 15 is 0 Å². The number of rotatable bonds is 5. The Balaban J connectivity index is 1.09. The van der Waals surface area contributed by atoms with Gasteiger partial charge in [-0.3, -0.25) is 0 Å². The zero-order valence-electron chi connectivity index (χ0n) is 47.6. The second-order valence-electron chi connectivity index (χ2n) is 28.0. The number of hydrogen-bond acceptors (Lipinski definition) is 3. The lowest BCUT2D eigenvalue weighted by Gasteiger charge is -2.45. The summed E-state index contributed by atoms with van der Waals surface area (Å²) in [6.07, 6.45) is 4.70. The van der Waals surface area contributed by atoms with E-state index in [1.165, 1.54) is 134 Å². The molecule has 3 heterocycles. The summed E-state index contributed by atoms with van der Waals surface area (Å²) in [5, 5.41) is 2.67. The van der Waals surface area contributed by atoms with Gasteiger partial charge in [0.1, 0.15) is 0 Å². The lowest BCUT2D eigenvalue weighted by Crippen LogP contribution is -2.55. The number of thiophene rings is 1. The molecule has 0 atom stereocenters. The molecule has 8 aromatic carbocycles. The average molecular weight is 1010 g/mol. The Morgan fingerprint density at radius 3 is 1.61 bits per heavy atom. The molecule has 1 aromatic heterocycles. The lowest BCUT2D eigenvalue weighted by molar-refractivity contribution is 0.332. The van der Waals surface area contributed by atoms with Crippen molar-refractivity contribution in [2.24, 2.45) is 0 Å². The molecule has 2 nitrogen and oxygen atoms in total. The first kappa shape index (κ1) is 49.2. The topological polar surface area (TPSA) is 6.48 Å². The van der Waals surface area contributed by atoms with Crippen LogP contribution in [0.5, 0.6) is 0 Å². The fourth-order valence-corrected chi connectivity index (χ4v) is 15.0. The van der Waals surface area contributed by atoms with Gasteiger partial charge in [-0.25, -0.2) is 0 Å². The highest BCUT2D eigenvalue weighted by molar-refractivity contribution is 7.25. The molecule has 13 rings (SSSR count). The van der Waals surface area contributed by atoms with Crippen molar-refractivity contribution in [1.29, 1.82) is 0 Å². The molecule has 0 fully saturated rings. The van der Waals surface area contributed by atoms with Gasteiger partial charge >= 0.3 is 0 Å². The van der Waals surface area contributed by atoms with Gasteiger partial charge < -0.3 is 9.80 Å². The fourth-order valence-electron chi connectivity index (χ4n) is 13.9. The molecule has 9 aromatic rings. The van der Waals surface area contributed by atoms with Crippen molar-refractivity contribution in [3.8, 4) is 22.3 Å². The number of fused-ring (bicyclic) bond motifs is 10. The Hall–Kier alpha value is -6.36. The second-order valence-corrected chi connectivity index (χ2v) is 29.0. The van der Waals surface area contributed by atoms with Crippen LogP contribution in [-0.2, 0) is 32.5 Å². The summed E-state index contributed by atoms with van der Waals surface area (Å²) in [7, 11) is 0. The first-order chi connectivity index (χ1) is 35.9. The maximum atomic E-state index is 2.72. The molecule has 2 aliphatic carbocycles. The summed E-state index contributed by atoms with van der Waals surface area (Å²) >= 11 is 1.90. The second kappa shape index (κ2) is 16.6. The van der Waals surface area contributed by atoms with Gasteiger partial charge in [0.2, 0.25) is 6.71 Å². The molecule has 76 heavy (non-hydrogen) atoms. The smallest absolute Gasteiger partial charge is 0.248 e. The number of anilines is 6. The van der Waals surface area contributed by atoms with Crippen LogP contribution in [0.1, 0.15) is 156 Å². The van der Waals surface area contributed by atoms with Gasteiger partial charge in [0.15, 0.2) is 0 Å². The van der Waals surface area contributed by atoms with Crippen molar-refractivity contribution in [3.63, 3.8) is 0 Å². The minimum atomic E-state index is 0.0335. The third kappa shape index (κ3) is 7.69. The van der Waals surface area contributed by atoms with Gasteiger partial charge in [-0.2, -0.15) is 0 Å². The van der Waals surface area contributed by atoms with Crippen molar-refractivity contribution in [1.82, 2.24) is 0 Å². The van der Waals surface area contributed by atoms with Crippen molar-refractivity contribution in [3.05, 3.63) is 185 Å². The van der Waals surface area contributed by atoms with Crippen molar-refractivity contribution in [2.45, 2.75) is 155 Å². The third-order valence-corrected chi connectivity index (χ3v) is 20.1. The van der Waals surface area contributed by atoms with Gasteiger partial charge in [-0.05, 0) is 210 Å². The number of nitrogens with zero attached hydrogens (tertiary/aromatic N) is 2. The molecule has 4 aliphatic rings. The van der Waals surface area contributed by atoms with Gasteiger partial charge in [-0.15, -0.1) is 11.3 Å². The van der Waals surface area contributed by atoms with E-state index in [0.717, 1.165) is 17.8 Å². The molecule has 4 heteroatoms. The monoisotopic (exact) mass is 1010 g/mol. The highest BCUT2D eigenvalue weighted by Gasteiger charge is 2.47. The average Bonchev–Trinajstić information content (AvgIpc) is 4.13. The van der Waals surface area contributed by atoms with Crippen molar-refractivity contribution < 1.29 is 0 Å². The number of benzene rings is 8. The Labute approximate surface area is 458 Å². The van der Waals surface area contributed by atoms with E-state index in [1.807, 2.05) is 11.3 Å². The van der Waals surface area contributed by atoms with Crippen LogP contribution in [0.2, 0.25) is 0 Å². The quantitative estimate of drug-likeness (QED) is 0.159. The molecule has 0 radical (unpaired) electrons. The largest absolute Gasteiger partial charge is 0.311 e. The van der Waals surface area contributed by atoms with Gasteiger partial charge in [0, 0.05) is 54.3 Å². The Morgan fingerprint density at radius 1 is 0.434 bits per heavy atom. The van der Waals surface area contributed by atoms with E-state index in [-0.39, 0.29) is 39.2 Å². The molecule has 0 saturated heterocycles. The minimum absolute atomic E-state index is 0.0335. The summed E-state index contributed by atoms with van der Waals surface area (Å²) < 4.78 is 2.67. The molecule has 2 aliphatic heterocycles. The van der Waals surface area contributed by atoms with Crippen LogP contribution in [0.3, 0.4) is 0 Å². The van der Waals surface area contributed by atoms with Crippen LogP contribution in [0.4, 0.5) is 34.1 Å². The molecular weight excluding hydrogens is 936 g/mol. The number of hydrogen-bond donors (Lipinski definition) is 0. The molecule has 382 valence electrons. The van der Waals surface area contributed by atoms with E-state index in [4.69, 9.17) is 0 Å². The zero-order valence-corrected chi connectivity index (χ0v) is 48.5. The van der Waals surface area contributed by atoms with Crippen LogP contribution in [0.15, 0.2) is 152 Å². The van der Waals surface area contributed by atoms with E-state index < -0.39 is 0 Å². The van der Waals surface area contributed by atoms with Crippen molar-refractivity contribution in [2.75, 3.05) is 9.80 Å². The minimum Gasteiger partial charge on any atom is -0.311 e. The van der Waals surface area contributed by atoms with Crippen LogP contribution in [-0.4, -0.2) is 6.71 Å². The Kier molecular flexibility index (Phi) is 10.7. The summed E-state index contributed by atoms with van der Waals surface area (Å²) in [6.45, 7) is 33.7. The summed E-state index contributed by atoms with van der Waals surface area (Å²) in [5.74, 6) is 0. The molecule has 0 amide bonds. The molecular formula is C72H75BN2S. The molecule has 0 N–H and O–H groups in total. The first-order valence-electron chi connectivity index (χ1n) is 28.3. The van der Waals surface area contributed by atoms with Gasteiger partial charge in [0.25, 0.3) is 0 Å². The Bertz CT molecular complexity index is 3790. The summed E-state index contributed by atoms with van der Waals surface area (Å²) in [5.41, 5.74) is 25.8. The first-order valence-corrected chi connectivity index (χ1v) is 29.1. The van der Waals surface area contributed by atoms with Gasteiger partial charge in [-0.1, -0.05) is 169 Å². The van der Waals surface area contributed by atoms with Gasteiger partial charge in [0.05, 0.1) is 0 Å². The standard InChI is InChI=1S/C72H75BN2S/c1-67(2,3)46-20-24-48(25-21-46)74(49-26-22-47(23-27-49)68(4,5)6)51-28-30-52-55-38-45(44-19-32-65-54(37-44)53-17-15-16-18-64(53)76-65)39-63-66(55)73(60(52)41-51)61-42-58-59(72(13,14)36-35-71(58,11)12)43-62(61)75(63)50-29-31-56-57(40-50)70(9,10)34-33-69(56,7)8/h15-32,37-43H,33-36H2,1-14H3. The third-order valence-electron chi connectivity index (χ3n) is 18.9. The maximum Gasteiger partial charge on any atom is 0.248 e. The lowest BCUT2D eigenvalue weighted by atomic mass is 9.36. The van der Waals surface area contributed by atoms with Crippen LogP contribution in [0.25, 0.3) is 42.4 Å².